The fourth-order valence-corrected chi connectivity index (χ4v) is 3.20. The number of carboxylic acid groups (broad SMARTS) is 1. The van der Waals surface area contributed by atoms with Gasteiger partial charge in [0.25, 0.3) is 0 Å². The van der Waals surface area contributed by atoms with Gasteiger partial charge >= 0.3 is 5.97 Å². The van der Waals surface area contributed by atoms with Crippen molar-refractivity contribution in [1.29, 1.82) is 0 Å². The van der Waals surface area contributed by atoms with Gasteiger partial charge in [-0.1, -0.05) is 6.92 Å². The molecule has 1 aliphatic heterocycles. The van der Waals surface area contributed by atoms with Gasteiger partial charge in [-0.05, 0) is 63.5 Å². The third-order valence-corrected chi connectivity index (χ3v) is 4.59. The lowest BCUT2D eigenvalue weighted by molar-refractivity contribution is -0.143. The first-order valence-corrected chi connectivity index (χ1v) is 7.10. The fraction of sp³-hybridized carbons (Fsp3) is 0.929. The largest absolute Gasteiger partial charge is 0.481 e. The number of carboxylic acids is 1. The predicted octanol–water partition coefficient (Wildman–Crippen LogP) is 3.03. The first-order valence-electron chi connectivity index (χ1n) is 7.10. The molecule has 2 rings (SSSR count). The van der Waals surface area contributed by atoms with Crippen molar-refractivity contribution in [2.75, 3.05) is 19.6 Å². The summed E-state index contributed by atoms with van der Waals surface area (Å²) in [7, 11) is 0. The lowest BCUT2D eigenvalue weighted by atomic mass is 9.81. The van der Waals surface area contributed by atoms with Gasteiger partial charge in [0.15, 0.2) is 0 Å². The maximum absolute atomic E-state index is 10.9. The molecule has 1 aliphatic carbocycles. The van der Waals surface area contributed by atoms with Crippen molar-refractivity contribution in [2.24, 2.45) is 17.8 Å². The van der Waals surface area contributed by atoms with Crippen LogP contribution in [0.15, 0.2) is 0 Å². The molecule has 0 radical (unpaired) electrons. The average molecular weight is 276 g/mol. The number of piperidine rings is 1. The highest BCUT2D eigenvalue weighted by molar-refractivity contribution is 5.85. The fourth-order valence-electron chi connectivity index (χ4n) is 3.20. The first-order chi connectivity index (χ1) is 8.15. The molecule has 0 atom stereocenters. The Morgan fingerprint density at radius 3 is 2.17 bits per heavy atom. The topological polar surface area (TPSA) is 40.5 Å². The summed E-state index contributed by atoms with van der Waals surface area (Å²) in [6.45, 7) is 6.05. The quantitative estimate of drug-likeness (QED) is 0.861. The van der Waals surface area contributed by atoms with E-state index in [1.807, 2.05) is 0 Å². The number of nitrogens with zero attached hydrogens (tertiary/aromatic N) is 1. The van der Waals surface area contributed by atoms with E-state index < -0.39 is 5.97 Å². The first kappa shape index (κ1) is 15.8. The molecule has 1 saturated heterocycles. The Morgan fingerprint density at radius 2 is 1.67 bits per heavy atom. The number of hydrogen-bond donors (Lipinski definition) is 1. The monoisotopic (exact) mass is 275 g/mol. The van der Waals surface area contributed by atoms with Crippen LogP contribution in [0.1, 0.15) is 45.4 Å². The average Bonchev–Trinajstić information content (AvgIpc) is 2.33. The molecule has 2 aliphatic rings. The molecule has 18 heavy (non-hydrogen) atoms. The van der Waals surface area contributed by atoms with Gasteiger partial charge in [-0.15, -0.1) is 12.4 Å². The lowest BCUT2D eigenvalue weighted by Gasteiger charge is -2.35. The minimum atomic E-state index is -0.588. The number of carbonyl (C=O) groups is 1. The molecule has 106 valence electrons. The maximum Gasteiger partial charge on any atom is 0.306 e. The van der Waals surface area contributed by atoms with Gasteiger partial charge in [-0.25, -0.2) is 0 Å². The molecule has 0 aromatic rings. The molecule has 2 fully saturated rings. The molecule has 1 saturated carbocycles. The van der Waals surface area contributed by atoms with E-state index in [0.717, 1.165) is 37.5 Å². The van der Waals surface area contributed by atoms with Crippen LogP contribution in [0, 0.1) is 17.8 Å². The zero-order valence-electron chi connectivity index (χ0n) is 11.3. The zero-order chi connectivity index (χ0) is 12.3. The number of rotatable bonds is 3. The second-order valence-corrected chi connectivity index (χ2v) is 6.04. The molecular formula is C14H26ClNO2. The Bertz CT molecular complexity index is 257. The van der Waals surface area contributed by atoms with Crippen molar-refractivity contribution in [1.82, 2.24) is 4.90 Å². The maximum atomic E-state index is 10.9. The number of hydrogen-bond acceptors (Lipinski definition) is 2. The van der Waals surface area contributed by atoms with Crippen molar-refractivity contribution < 1.29 is 9.90 Å². The van der Waals surface area contributed by atoms with Crippen molar-refractivity contribution in [3.05, 3.63) is 0 Å². The highest BCUT2D eigenvalue weighted by Crippen LogP contribution is 2.30. The molecule has 3 nitrogen and oxygen atoms in total. The molecule has 1 heterocycles. The summed E-state index contributed by atoms with van der Waals surface area (Å²) in [6.07, 6.45) is 6.69. The molecule has 0 spiro atoms. The third kappa shape index (κ3) is 4.43. The highest BCUT2D eigenvalue weighted by atomic mass is 35.5. The van der Waals surface area contributed by atoms with Gasteiger partial charge in [-0.2, -0.15) is 0 Å². The summed E-state index contributed by atoms with van der Waals surface area (Å²) < 4.78 is 0. The highest BCUT2D eigenvalue weighted by Gasteiger charge is 2.27. The smallest absolute Gasteiger partial charge is 0.306 e. The van der Waals surface area contributed by atoms with Crippen molar-refractivity contribution in [3.63, 3.8) is 0 Å². The molecule has 0 unspecified atom stereocenters. The summed E-state index contributed by atoms with van der Waals surface area (Å²) in [6, 6.07) is 0. The van der Waals surface area contributed by atoms with E-state index in [2.05, 4.69) is 11.8 Å². The van der Waals surface area contributed by atoms with Crippen LogP contribution >= 0.6 is 12.4 Å². The van der Waals surface area contributed by atoms with E-state index in [0.29, 0.717) is 0 Å². The van der Waals surface area contributed by atoms with Gasteiger partial charge < -0.3 is 10.0 Å². The van der Waals surface area contributed by atoms with Crippen LogP contribution in [-0.4, -0.2) is 35.6 Å². The Balaban J connectivity index is 0.00000162. The number of aliphatic carboxylic acids is 1. The van der Waals surface area contributed by atoms with Crippen molar-refractivity contribution in [3.8, 4) is 0 Å². The molecule has 1 N–H and O–H groups in total. The van der Waals surface area contributed by atoms with Gasteiger partial charge in [0, 0.05) is 6.54 Å². The second-order valence-electron chi connectivity index (χ2n) is 6.04. The van der Waals surface area contributed by atoms with Gasteiger partial charge in [-0.3, -0.25) is 4.79 Å². The summed E-state index contributed by atoms with van der Waals surface area (Å²) in [5.74, 6) is 0.996. The van der Waals surface area contributed by atoms with Crippen molar-refractivity contribution in [2.45, 2.75) is 45.4 Å². The standard InChI is InChI=1S/C14H25NO2.ClH/c1-11-6-8-15(9-7-11)10-12-2-4-13(5-3-12)14(16)17;/h11-13H,2-10H2,1H3,(H,16,17);1H. The Kier molecular flexibility index (Phi) is 6.44. The van der Waals surface area contributed by atoms with Crippen LogP contribution in [0.25, 0.3) is 0 Å². The summed E-state index contributed by atoms with van der Waals surface area (Å²) in [5, 5.41) is 8.96. The van der Waals surface area contributed by atoms with Crippen LogP contribution in [0.2, 0.25) is 0 Å². The Labute approximate surface area is 116 Å². The summed E-state index contributed by atoms with van der Waals surface area (Å²) >= 11 is 0. The Morgan fingerprint density at radius 1 is 1.11 bits per heavy atom. The summed E-state index contributed by atoms with van der Waals surface area (Å²) in [5.41, 5.74) is 0. The van der Waals surface area contributed by atoms with Crippen LogP contribution in [0.3, 0.4) is 0 Å². The SMILES string of the molecule is CC1CCN(CC2CCC(C(=O)O)CC2)CC1.Cl. The van der Waals surface area contributed by atoms with Crippen LogP contribution in [-0.2, 0) is 4.79 Å². The minimum Gasteiger partial charge on any atom is -0.481 e. The molecule has 0 aromatic heterocycles. The van der Waals surface area contributed by atoms with E-state index >= 15 is 0 Å². The third-order valence-electron chi connectivity index (χ3n) is 4.59. The van der Waals surface area contributed by atoms with Crippen LogP contribution < -0.4 is 0 Å². The zero-order valence-corrected chi connectivity index (χ0v) is 12.1. The normalized spacial score (nSPS) is 30.7. The van der Waals surface area contributed by atoms with E-state index in [1.54, 1.807) is 0 Å². The Hall–Kier alpha value is -0.280. The number of likely N-dealkylation sites (tertiary alicyclic amines) is 1. The second kappa shape index (κ2) is 7.34. The number of halogens is 1. The molecule has 0 bridgehead atoms. The van der Waals surface area contributed by atoms with Crippen LogP contribution in [0.4, 0.5) is 0 Å². The van der Waals surface area contributed by atoms with E-state index in [1.165, 1.54) is 32.5 Å². The van der Waals surface area contributed by atoms with Gasteiger partial charge in [0.1, 0.15) is 0 Å². The predicted molar refractivity (Wildman–Crippen MR) is 75.2 cm³/mol. The molecule has 0 aromatic carbocycles. The van der Waals surface area contributed by atoms with Gasteiger partial charge in [0.2, 0.25) is 0 Å². The van der Waals surface area contributed by atoms with E-state index in [-0.39, 0.29) is 18.3 Å². The minimum absolute atomic E-state index is 0. The van der Waals surface area contributed by atoms with E-state index in [4.69, 9.17) is 5.11 Å². The molecule has 0 amide bonds. The lowest BCUT2D eigenvalue weighted by Crippen LogP contribution is -2.37. The van der Waals surface area contributed by atoms with Gasteiger partial charge in [0.05, 0.1) is 5.92 Å². The van der Waals surface area contributed by atoms with Crippen molar-refractivity contribution >= 4 is 18.4 Å². The van der Waals surface area contributed by atoms with E-state index in [9.17, 15) is 4.79 Å². The molecule has 4 heteroatoms. The summed E-state index contributed by atoms with van der Waals surface area (Å²) in [4.78, 5) is 13.5. The molecular weight excluding hydrogens is 250 g/mol. The van der Waals surface area contributed by atoms with Crippen LogP contribution in [0.5, 0.6) is 0 Å².